The predicted molar refractivity (Wildman–Crippen MR) is 123 cm³/mol. The lowest BCUT2D eigenvalue weighted by Crippen LogP contribution is -2.30. The number of carbonyl (C=O) groups excluding carboxylic acids is 1. The SMILES string of the molecule is CCn1c(CN(c2ccccc2)S(C)(=O)=O)nnc1SCC(=O)c1cc(C)n(C)c1C. The molecule has 0 amide bonds. The number of thioether (sulfide) groups is 1. The van der Waals surface area contributed by atoms with Crippen LogP contribution in [0.4, 0.5) is 5.69 Å². The Bertz CT molecular complexity index is 1180. The van der Waals surface area contributed by atoms with E-state index in [1.807, 2.05) is 49.1 Å². The molecular weight excluding hydrogens is 434 g/mol. The third-order valence-electron chi connectivity index (χ3n) is 5.25. The molecule has 31 heavy (non-hydrogen) atoms. The fourth-order valence-corrected chi connectivity index (χ4v) is 5.09. The first kappa shape index (κ1) is 23.1. The summed E-state index contributed by atoms with van der Waals surface area (Å²) in [6.45, 7) is 6.47. The van der Waals surface area contributed by atoms with Crippen LogP contribution in [-0.2, 0) is 30.2 Å². The van der Waals surface area contributed by atoms with Crippen molar-refractivity contribution in [3.8, 4) is 0 Å². The first-order chi connectivity index (χ1) is 14.6. The highest BCUT2D eigenvalue weighted by atomic mass is 32.2. The molecule has 0 aliphatic rings. The summed E-state index contributed by atoms with van der Waals surface area (Å²) >= 11 is 1.31. The number of benzene rings is 1. The van der Waals surface area contributed by atoms with Crippen molar-refractivity contribution < 1.29 is 13.2 Å². The maximum atomic E-state index is 12.7. The van der Waals surface area contributed by atoms with Gasteiger partial charge < -0.3 is 9.13 Å². The zero-order valence-electron chi connectivity index (χ0n) is 18.4. The molecule has 1 aromatic carbocycles. The zero-order valence-corrected chi connectivity index (χ0v) is 20.0. The molecule has 0 N–H and O–H groups in total. The molecule has 0 radical (unpaired) electrons. The van der Waals surface area contributed by atoms with E-state index in [9.17, 15) is 13.2 Å². The summed E-state index contributed by atoms with van der Waals surface area (Å²) in [5.41, 5.74) is 3.25. The maximum absolute atomic E-state index is 12.7. The number of hydrogen-bond acceptors (Lipinski definition) is 6. The molecule has 0 atom stereocenters. The van der Waals surface area contributed by atoms with E-state index < -0.39 is 10.0 Å². The van der Waals surface area contributed by atoms with Gasteiger partial charge in [0, 0.05) is 30.5 Å². The first-order valence-corrected chi connectivity index (χ1v) is 12.7. The van der Waals surface area contributed by atoms with Crippen LogP contribution < -0.4 is 4.31 Å². The fraction of sp³-hybridized carbons (Fsp3) is 0.381. The monoisotopic (exact) mass is 461 g/mol. The second-order valence-electron chi connectivity index (χ2n) is 7.30. The minimum atomic E-state index is -3.51. The van der Waals surface area contributed by atoms with Crippen molar-refractivity contribution in [2.75, 3.05) is 16.3 Å². The van der Waals surface area contributed by atoms with E-state index in [2.05, 4.69) is 10.2 Å². The van der Waals surface area contributed by atoms with E-state index in [0.717, 1.165) is 11.4 Å². The molecule has 2 aromatic heterocycles. The highest BCUT2D eigenvalue weighted by Gasteiger charge is 2.23. The van der Waals surface area contributed by atoms with Gasteiger partial charge in [-0.3, -0.25) is 9.10 Å². The number of nitrogens with zero attached hydrogens (tertiary/aromatic N) is 5. The van der Waals surface area contributed by atoms with Gasteiger partial charge >= 0.3 is 0 Å². The van der Waals surface area contributed by atoms with Crippen molar-refractivity contribution in [3.63, 3.8) is 0 Å². The molecule has 0 bridgehead atoms. The Hall–Kier alpha value is -2.59. The summed E-state index contributed by atoms with van der Waals surface area (Å²) in [7, 11) is -1.57. The Labute approximate surface area is 187 Å². The molecule has 3 aromatic rings. The molecular formula is C21H27N5O3S2. The molecule has 3 rings (SSSR count). The van der Waals surface area contributed by atoms with Gasteiger partial charge in [-0.05, 0) is 39.0 Å². The topological polar surface area (TPSA) is 90.1 Å². The molecule has 0 saturated carbocycles. The normalized spacial score (nSPS) is 11.6. The lowest BCUT2D eigenvalue weighted by Gasteiger charge is -2.22. The van der Waals surface area contributed by atoms with E-state index in [1.165, 1.54) is 22.3 Å². The van der Waals surface area contributed by atoms with E-state index in [0.29, 0.717) is 28.8 Å². The largest absolute Gasteiger partial charge is 0.351 e. The van der Waals surface area contributed by atoms with Crippen molar-refractivity contribution in [1.29, 1.82) is 0 Å². The number of para-hydroxylation sites is 1. The summed E-state index contributed by atoms with van der Waals surface area (Å²) in [5, 5.41) is 9.04. The molecule has 0 aliphatic heterocycles. The van der Waals surface area contributed by atoms with Crippen LogP contribution in [0, 0.1) is 13.8 Å². The van der Waals surface area contributed by atoms with Crippen molar-refractivity contribution in [2.45, 2.75) is 39.0 Å². The number of ketones is 1. The average Bonchev–Trinajstić information content (AvgIpc) is 3.25. The highest BCUT2D eigenvalue weighted by molar-refractivity contribution is 7.99. The minimum absolute atomic E-state index is 0.0282. The number of rotatable bonds is 9. The lowest BCUT2D eigenvalue weighted by molar-refractivity contribution is 0.102. The van der Waals surface area contributed by atoms with E-state index in [-0.39, 0.29) is 18.1 Å². The predicted octanol–water partition coefficient (Wildman–Crippen LogP) is 3.19. The van der Waals surface area contributed by atoms with Crippen LogP contribution in [0.1, 0.15) is 34.5 Å². The van der Waals surface area contributed by atoms with Crippen molar-refractivity contribution >= 4 is 33.3 Å². The van der Waals surface area contributed by atoms with E-state index >= 15 is 0 Å². The molecule has 8 nitrogen and oxygen atoms in total. The Balaban J connectivity index is 1.80. The summed E-state index contributed by atoms with van der Waals surface area (Å²) in [4.78, 5) is 12.7. The van der Waals surface area contributed by atoms with Crippen LogP contribution in [0.3, 0.4) is 0 Å². The molecule has 10 heteroatoms. The van der Waals surface area contributed by atoms with Crippen LogP contribution in [0.15, 0.2) is 41.6 Å². The fourth-order valence-electron chi connectivity index (χ4n) is 3.33. The zero-order chi connectivity index (χ0) is 22.8. The Morgan fingerprint density at radius 2 is 1.84 bits per heavy atom. The van der Waals surface area contributed by atoms with Crippen LogP contribution in [0.5, 0.6) is 0 Å². The number of carbonyl (C=O) groups is 1. The molecule has 0 aliphatic carbocycles. The lowest BCUT2D eigenvalue weighted by atomic mass is 10.2. The van der Waals surface area contributed by atoms with Crippen LogP contribution in [0.25, 0.3) is 0 Å². The number of anilines is 1. The van der Waals surface area contributed by atoms with Crippen molar-refractivity contribution in [1.82, 2.24) is 19.3 Å². The maximum Gasteiger partial charge on any atom is 0.232 e. The van der Waals surface area contributed by atoms with E-state index in [1.54, 1.807) is 24.3 Å². The summed E-state index contributed by atoms with van der Waals surface area (Å²) < 4.78 is 29.9. The van der Waals surface area contributed by atoms with Gasteiger partial charge in [0.1, 0.15) is 0 Å². The van der Waals surface area contributed by atoms with Crippen LogP contribution in [-0.4, -0.2) is 45.5 Å². The Morgan fingerprint density at radius 3 is 2.39 bits per heavy atom. The molecule has 0 spiro atoms. The number of aryl methyl sites for hydroxylation is 1. The van der Waals surface area contributed by atoms with Gasteiger partial charge in [0.25, 0.3) is 0 Å². The van der Waals surface area contributed by atoms with Gasteiger partial charge in [-0.2, -0.15) is 0 Å². The van der Waals surface area contributed by atoms with Gasteiger partial charge in [-0.15, -0.1) is 10.2 Å². The second kappa shape index (κ2) is 9.27. The third kappa shape index (κ3) is 5.01. The molecule has 166 valence electrons. The van der Waals surface area contributed by atoms with Crippen molar-refractivity contribution in [3.05, 3.63) is 59.2 Å². The Morgan fingerprint density at radius 1 is 1.16 bits per heavy atom. The number of Topliss-reactive ketones (excluding diaryl/α,β-unsaturated/α-hetero) is 1. The quantitative estimate of drug-likeness (QED) is 0.359. The second-order valence-corrected chi connectivity index (χ2v) is 10.2. The summed E-state index contributed by atoms with van der Waals surface area (Å²) in [6.07, 6.45) is 1.17. The Kier molecular flexibility index (Phi) is 6.90. The first-order valence-electron chi connectivity index (χ1n) is 9.87. The minimum Gasteiger partial charge on any atom is -0.351 e. The standard InChI is InChI=1S/C21H27N5O3S2/c1-6-25-20(13-26(31(5,28)29)17-10-8-7-9-11-17)22-23-21(25)30-14-19(27)18-12-15(2)24(4)16(18)3/h7-12H,6,13-14H2,1-5H3. The molecule has 2 heterocycles. The summed E-state index contributed by atoms with van der Waals surface area (Å²) in [5.74, 6) is 0.788. The smallest absolute Gasteiger partial charge is 0.232 e. The molecule has 0 fully saturated rings. The van der Waals surface area contributed by atoms with Crippen LogP contribution in [0.2, 0.25) is 0 Å². The third-order valence-corrected chi connectivity index (χ3v) is 7.35. The summed E-state index contributed by atoms with van der Waals surface area (Å²) in [6, 6.07) is 10.8. The van der Waals surface area contributed by atoms with Gasteiger partial charge in [0.05, 0.1) is 24.2 Å². The van der Waals surface area contributed by atoms with Crippen molar-refractivity contribution in [2.24, 2.45) is 7.05 Å². The van der Waals surface area contributed by atoms with Crippen LogP contribution >= 0.6 is 11.8 Å². The number of sulfonamides is 1. The van der Waals surface area contributed by atoms with Gasteiger partial charge in [0.2, 0.25) is 10.0 Å². The molecule has 0 unspecified atom stereocenters. The number of aromatic nitrogens is 4. The molecule has 0 saturated heterocycles. The van der Waals surface area contributed by atoms with Gasteiger partial charge in [-0.25, -0.2) is 8.42 Å². The highest BCUT2D eigenvalue weighted by Crippen LogP contribution is 2.24. The van der Waals surface area contributed by atoms with Gasteiger partial charge in [-0.1, -0.05) is 30.0 Å². The van der Waals surface area contributed by atoms with E-state index in [4.69, 9.17) is 0 Å². The number of hydrogen-bond donors (Lipinski definition) is 0. The van der Waals surface area contributed by atoms with Gasteiger partial charge in [0.15, 0.2) is 16.8 Å². The average molecular weight is 462 g/mol.